The van der Waals surface area contributed by atoms with Crippen molar-refractivity contribution in [2.24, 2.45) is 0 Å². The fourth-order valence-electron chi connectivity index (χ4n) is 3.40. The smallest absolute Gasteiger partial charge is 0.0639 e. The van der Waals surface area contributed by atoms with Crippen molar-refractivity contribution in [1.29, 1.82) is 0 Å². The highest BCUT2D eigenvalue weighted by Crippen LogP contribution is 2.41. The highest BCUT2D eigenvalue weighted by atomic mass is 32.1. The molecule has 25 heavy (non-hydrogen) atoms. The molecular weight excluding hydrogens is 344 g/mol. The SMILES string of the molecule is CC=Cn1ccc2sc(-c3cc4c(ccn4C(CC)=C(C)C)s3)cc21. The lowest BCUT2D eigenvalue weighted by atomic mass is 10.2. The van der Waals surface area contributed by atoms with Gasteiger partial charge in [-0.1, -0.05) is 18.6 Å². The van der Waals surface area contributed by atoms with Gasteiger partial charge in [-0.2, -0.15) is 0 Å². The first-order valence-electron chi connectivity index (χ1n) is 8.63. The van der Waals surface area contributed by atoms with E-state index in [0.717, 1.165) is 6.42 Å². The van der Waals surface area contributed by atoms with E-state index in [1.54, 1.807) is 0 Å². The lowest BCUT2D eigenvalue weighted by molar-refractivity contribution is 1.02. The van der Waals surface area contributed by atoms with E-state index in [2.05, 4.69) is 85.8 Å². The van der Waals surface area contributed by atoms with Gasteiger partial charge in [0.1, 0.15) is 0 Å². The zero-order chi connectivity index (χ0) is 17.6. The van der Waals surface area contributed by atoms with E-state index < -0.39 is 0 Å². The maximum absolute atomic E-state index is 2.36. The molecule has 0 unspecified atom stereocenters. The Bertz CT molecular complexity index is 1110. The van der Waals surface area contributed by atoms with Crippen molar-refractivity contribution in [2.45, 2.75) is 34.1 Å². The molecule has 0 aromatic carbocycles. The number of fused-ring (bicyclic) bond motifs is 2. The standard InChI is InChI=1S/C21H22N2S2/c1-5-9-22-10-7-18-16(22)12-20(24-18)21-13-17-19(25-21)8-11-23(17)15(6-2)14(3)4/h5,7-13H,6H2,1-4H3. The van der Waals surface area contributed by atoms with Crippen LogP contribution in [0.1, 0.15) is 34.1 Å². The fourth-order valence-corrected chi connectivity index (χ4v) is 5.58. The van der Waals surface area contributed by atoms with Gasteiger partial charge < -0.3 is 9.13 Å². The van der Waals surface area contributed by atoms with E-state index in [1.165, 1.54) is 41.5 Å². The molecule has 0 N–H and O–H groups in total. The van der Waals surface area contributed by atoms with E-state index >= 15 is 0 Å². The Hall–Kier alpha value is -2.04. The van der Waals surface area contributed by atoms with E-state index in [0.29, 0.717) is 0 Å². The molecular formula is C21H22N2S2. The van der Waals surface area contributed by atoms with E-state index in [9.17, 15) is 0 Å². The Labute approximate surface area is 156 Å². The summed E-state index contributed by atoms with van der Waals surface area (Å²) in [7, 11) is 0. The Kier molecular flexibility index (Phi) is 4.18. The van der Waals surface area contributed by atoms with Crippen LogP contribution in [0.4, 0.5) is 0 Å². The summed E-state index contributed by atoms with van der Waals surface area (Å²) >= 11 is 3.76. The van der Waals surface area contributed by atoms with Gasteiger partial charge in [0.25, 0.3) is 0 Å². The molecule has 0 amide bonds. The second-order valence-corrected chi connectivity index (χ2v) is 8.58. The van der Waals surface area contributed by atoms with Gasteiger partial charge in [-0.25, -0.2) is 0 Å². The molecule has 0 aliphatic rings. The molecule has 0 atom stereocenters. The number of allylic oxidation sites excluding steroid dienone is 3. The third-order valence-electron chi connectivity index (χ3n) is 4.53. The van der Waals surface area contributed by atoms with Crippen LogP contribution in [0.3, 0.4) is 0 Å². The summed E-state index contributed by atoms with van der Waals surface area (Å²) in [6, 6.07) is 9.12. The maximum atomic E-state index is 2.36. The number of rotatable bonds is 4. The van der Waals surface area contributed by atoms with Gasteiger partial charge in [-0.15, -0.1) is 22.7 Å². The van der Waals surface area contributed by atoms with Gasteiger partial charge in [0.2, 0.25) is 0 Å². The largest absolute Gasteiger partial charge is 0.323 e. The topological polar surface area (TPSA) is 9.86 Å². The number of thiophene rings is 2. The van der Waals surface area contributed by atoms with Gasteiger partial charge in [0.05, 0.1) is 20.4 Å². The van der Waals surface area contributed by atoms with E-state index in [4.69, 9.17) is 0 Å². The molecule has 4 aromatic rings. The normalized spacial score (nSPS) is 12.0. The van der Waals surface area contributed by atoms with Crippen molar-refractivity contribution in [1.82, 2.24) is 9.13 Å². The van der Waals surface area contributed by atoms with Crippen LogP contribution in [0.2, 0.25) is 0 Å². The lowest BCUT2D eigenvalue weighted by Gasteiger charge is -2.09. The van der Waals surface area contributed by atoms with Crippen LogP contribution in [-0.2, 0) is 0 Å². The molecule has 0 spiro atoms. The molecule has 0 radical (unpaired) electrons. The summed E-state index contributed by atoms with van der Waals surface area (Å²) in [6.07, 6.45) is 9.58. The first-order valence-corrected chi connectivity index (χ1v) is 10.3. The van der Waals surface area contributed by atoms with Crippen LogP contribution in [0.15, 0.2) is 48.3 Å². The van der Waals surface area contributed by atoms with Crippen molar-refractivity contribution >= 4 is 55.0 Å². The number of nitrogens with zero attached hydrogens (tertiary/aromatic N) is 2. The van der Waals surface area contributed by atoms with Crippen molar-refractivity contribution in [3.63, 3.8) is 0 Å². The number of hydrogen-bond acceptors (Lipinski definition) is 2. The number of hydrogen-bond donors (Lipinski definition) is 0. The molecule has 4 rings (SSSR count). The minimum absolute atomic E-state index is 1.05. The highest BCUT2D eigenvalue weighted by Gasteiger charge is 2.14. The second kappa shape index (κ2) is 6.36. The first kappa shape index (κ1) is 16.4. The highest BCUT2D eigenvalue weighted by molar-refractivity contribution is 7.28. The minimum Gasteiger partial charge on any atom is -0.323 e. The third kappa shape index (κ3) is 2.70. The van der Waals surface area contributed by atoms with Crippen molar-refractivity contribution < 1.29 is 0 Å². The molecule has 4 heterocycles. The molecule has 4 aromatic heterocycles. The second-order valence-electron chi connectivity index (χ2n) is 6.41. The van der Waals surface area contributed by atoms with Crippen LogP contribution in [0.25, 0.3) is 42.1 Å². The molecule has 0 aliphatic carbocycles. The van der Waals surface area contributed by atoms with Gasteiger partial charge in [-0.3, -0.25) is 0 Å². The van der Waals surface area contributed by atoms with Gasteiger partial charge in [0, 0.05) is 34.0 Å². The van der Waals surface area contributed by atoms with Crippen molar-refractivity contribution in [3.05, 3.63) is 48.3 Å². The Morgan fingerprint density at radius 1 is 1.00 bits per heavy atom. The lowest BCUT2D eigenvalue weighted by Crippen LogP contribution is -1.95. The van der Waals surface area contributed by atoms with Crippen LogP contribution >= 0.6 is 22.7 Å². The average Bonchev–Trinajstić information content (AvgIpc) is 3.29. The molecule has 0 bridgehead atoms. The van der Waals surface area contributed by atoms with Gasteiger partial charge >= 0.3 is 0 Å². The van der Waals surface area contributed by atoms with E-state index in [1.807, 2.05) is 22.7 Å². The van der Waals surface area contributed by atoms with Gasteiger partial charge in [-0.05, 0) is 51.5 Å². The molecule has 0 saturated carbocycles. The average molecular weight is 367 g/mol. The van der Waals surface area contributed by atoms with Crippen LogP contribution in [0.5, 0.6) is 0 Å². The molecule has 4 heteroatoms. The Morgan fingerprint density at radius 3 is 2.28 bits per heavy atom. The van der Waals surface area contributed by atoms with E-state index in [-0.39, 0.29) is 0 Å². The van der Waals surface area contributed by atoms with Crippen LogP contribution in [0, 0.1) is 0 Å². The van der Waals surface area contributed by atoms with Crippen LogP contribution < -0.4 is 0 Å². The minimum atomic E-state index is 1.05. The fraction of sp³-hybridized carbons (Fsp3) is 0.238. The molecule has 0 saturated heterocycles. The Morgan fingerprint density at radius 2 is 1.64 bits per heavy atom. The van der Waals surface area contributed by atoms with Crippen molar-refractivity contribution in [3.8, 4) is 9.75 Å². The molecule has 0 aliphatic heterocycles. The summed E-state index contributed by atoms with van der Waals surface area (Å²) in [5.41, 5.74) is 5.40. The zero-order valence-electron chi connectivity index (χ0n) is 15.0. The Balaban J connectivity index is 1.83. The predicted molar refractivity (Wildman–Crippen MR) is 114 cm³/mol. The molecule has 0 fully saturated rings. The monoisotopic (exact) mass is 366 g/mol. The summed E-state index contributed by atoms with van der Waals surface area (Å²) < 4.78 is 7.25. The maximum Gasteiger partial charge on any atom is 0.0639 e. The summed E-state index contributed by atoms with van der Waals surface area (Å²) in [4.78, 5) is 2.71. The van der Waals surface area contributed by atoms with Gasteiger partial charge in [0.15, 0.2) is 0 Å². The van der Waals surface area contributed by atoms with Crippen LogP contribution in [-0.4, -0.2) is 9.13 Å². The summed E-state index contributed by atoms with van der Waals surface area (Å²) in [6.45, 7) is 8.68. The van der Waals surface area contributed by atoms with Crippen molar-refractivity contribution in [2.75, 3.05) is 0 Å². The quantitative estimate of drug-likeness (QED) is 0.353. The molecule has 128 valence electrons. The third-order valence-corrected chi connectivity index (χ3v) is 6.91. The summed E-state index contributed by atoms with van der Waals surface area (Å²) in [5, 5.41) is 0. The summed E-state index contributed by atoms with van der Waals surface area (Å²) in [5.74, 6) is 0. The molecule has 2 nitrogen and oxygen atoms in total. The zero-order valence-corrected chi connectivity index (χ0v) is 16.7. The first-order chi connectivity index (χ1) is 12.1. The number of aromatic nitrogens is 2. The predicted octanol–water partition coefficient (Wildman–Crippen LogP) is 7.54.